The minimum absolute atomic E-state index is 0. The Morgan fingerprint density at radius 1 is 0.733 bits per heavy atom. The summed E-state index contributed by atoms with van der Waals surface area (Å²) in [5.41, 5.74) is 0. The number of likely N-dealkylation sites (N-methyl/N-ethyl adjacent to an activating group) is 1. The summed E-state index contributed by atoms with van der Waals surface area (Å²) in [6.07, 6.45) is 18.7. The predicted octanol–water partition coefficient (Wildman–Crippen LogP) is 2.50. The molecule has 0 heterocycles. The summed E-state index contributed by atoms with van der Waals surface area (Å²) in [6.45, 7) is 0. The summed E-state index contributed by atoms with van der Waals surface area (Å²) in [5, 5.41) is 0. The Kier molecular flexibility index (Phi) is 7.04. The molecule has 15 heavy (non-hydrogen) atoms. The standard InChI is InChI=1S/C8H14N.C5H5.Zr/c1-9(2,3)8-6-4-5-7-8;1-2-4-5-3-1;/h4-8H,1-3H3;1-5H;/q+1;;. The summed E-state index contributed by atoms with van der Waals surface area (Å²) in [5.74, 6) is 0. The van der Waals surface area contributed by atoms with Crippen LogP contribution < -0.4 is 0 Å². The van der Waals surface area contributed by atoms with Crippen molar-refractivity contribution in [1.29, 1.82) is 0 Å². The maximum absolute atomic E-state index is 2.22. The fourth-order valence-corrected chi connectivity index (χ4v) is 1.26. The van der Waals surface area contributed by atoms with E-state index in [4.69, 9.17) is 0 Å². The first-order valence-corrected chi connectivity index (χ1v) is 4.93. The van der Waals surface area contributed by atoms with E-state index >= 15 is 0 Å². The van der Waals surface area contributed by atoms with Crippen molar-refractivity contribution in [2.45, 2.75) is 6.04 Å². The Morgan fingerprint density at radius 3 is 1.40 bits per heavy atom. The Morgan fingerprint density at radius 2 is 1.20 bits per heavy atom. The molecule has 0 saturated heterocycles. The van der Waals surface area contributed by atoms with Gasteiger partial charge in [0.25, 0.3) is 0 Å². The van der Waals surface area contributed by atoms with Gasteiger partial charge in [-0.25, -0.2) is 0 Å². The normalized spacial score (nSPS) is 17.5. The Bertz CT molecular complexity index is 257. The van der Waals surface area contributed by atoms with Gasteiger partial charge in [0.05, 0.1) is 21.1 Å². The van der Waals surface area contributed by atoms with Gasteiger partial charge in [-0.1, -0.05) is 36.5 Å². The second-order valence-corrected chi connectivity index (χ2v) is 4.34. The molecule has 1 radical (unpaired) electrons. The first-order chi connectivity index (χ1) is 6.61. The SMILES string of the molecule is C[N+](C)(C)C1C=CC=C1.[CH]1C=CC=C1.[Zr]. The van der Waals surface area contributed by atoms with Crippen LogP contribution in [0.25, 0.3) is 0 Å². The molecule has 0 bridgehead atoms. The molecule has 0 spiro atoms. The molecular formula is C13H19NZr+. The summed E-state index contributed by atoms with van der Waals surface area (Å²) in [6, 6.07) is 0.588. The van der Waals surface area contributed by atoms with Crippen LogP contribution in [-0.2, 0) is 26.2 Å². The van der Waals surface area contributed by atoms with E-state index in [2.05, 4.69) is 45.4 Å². The van der Waals surface area contributed by atoms with E-state index in [1.807, 2.05) is 30.7 Å². The van der Waals surface area contributed by atoms with Crippen LogP contribution in [0.15, 0.2) is 48.6 Å². The van der Waals surface area contributed by atoms with Gasteiger partial charge in [0.2, 0.25) is 0 Å². The van der Waals surface area contributed by atoms with Gasteiger partial charge in [-0.15, -0.1) is 0 Å². The van der Waals surface area contributed by atoms with E-state index in [1.165, 1.54) is 0 Å². The molecule has 2 aliphatic carbocycles. The summed E-state index contributed by atoms with van der Waals surface area (Å²) >= 11 is 0. The van der Waals surface area contributed by atoms with Gasteiger partial charge in [-0.3, -0.25) is 0 Å². The maximum Gasteiger partial charge on any atom is 0.126 e. The average Bonchev–Trinajstić information content (AvgIpc) is 2.80. The van der Waals surface area contributed by atoms with Crippen LogP contribution in [0.5, 0.6) is 0 Å². The number of rotatable bonds is 1. The largest absolute Gasteiger partial charge is 0.322 e. The minimum atomic E-state index is 0. The molecule has 0 saturated carbocycles. The number of nitrogens with zero attached hydrogens (tertiary/aromatic N) is 1. The molecule has 79 valence electrons. The van der Waals surface area contributed by atoms with Crippen LogP contribution in [0.4, 0.5) is 0 Å². The molecule has 0 N–H and O–H groups in total. The quantitative estimate of drug-likeness (QED) is 0.648. The van der Waals surface area contributed by atoms with Gasteiger partial charge in [-0.2, -0.15) is 0 Å². The van der Waals surface area contributed by atoms with E-state index in [0.29, 0.717) is 6.04 Å². The smallest absolute Gasteiger partial charge is 0.126 e. The van der Waals surface area contributed by atoms with E-state index in [9.17, 15) is 0 Å². The number of hydrogen-bond acceptors (Lipinski definition) is 0. The Hall–Kier alpha value is -0.197. The minimum Gasteiger partial charge on any atom is -0.322 e. The van der Waals surface area contributed by atoms with Crippen molar-refractivity contribution in [1.82, 2.24) is 0 Å². The first-order valence-electron chi connectivity index (χ1n) is 4.93. The second-order valence-electron chi connectivity index (χ2n) is 4.34. The zero-order valence-corrected chi connectivity index (χ0v) is 12.2. The zero-order chi connectivity index (χ0) is 10.4. The third kappa shape index (κ3) is 6.07. The number of hydrogen-bond donors (Lipinski definition) is 0. The molecule has 0 amide bonds. The van der Waals surface area contributed by atoms with Gasteiger partial charge in [0.15, 0.2) is 0 Å². The topological polar surface area (TPSA) is 0 Å². The molecule has 2 heteroatoms. The molecule has 0 aromatic carbocycles. The van der Waals surface area contributed by atoms with E-state index in [0.717, 1.165) is 4.48 Å². The molecule has 0 unspecified atom stereocenters. The number of quaternary nitrogens is 1. The van der Waals surface area contributed by atoms with Gasteiger partial charge in [-0.05, 0) is 12.2 Å². The van der Waals surface area contributed by atoms with Crippen LogP contribution in [0.2, 0.25) is 0 Å². The van der Waals surface area contributed by atoms with Crippen LogP contribution in [0.1, 0.15) is 0 Å². The molecule has 0 fully saturated rings. The third-order valence-corrected chi connectivity index (χ3v) is 2.18. The fourth-order valence-electron chi connectivity index (χ4n) is 1.26. The van der Waals surface area contributed by atoms with Crippen molar-refractivity contribution < 1.29 is 30.7 Å². The van der Waals surface area contributed by atoms with Crippen LogP contribution >= 0.6 is 0 Å². The van der Waals surface area contributed by atoms with E-state index in [1.54, 1.807) is 0 Å². The van der Waals surface area contributed by atoms with Crippen molar-refractivity contribution in [3.8, 4) is 0 Å². The van der Waals surface area contributed by atoms with Gasteiger partial charge in [0.1, 0.15) is 6.04 Å². The summed E-state index contributed by atoms with van der Waals surface area (Å²) < 4.78 is 0.993. The number of allylic oxidation sites excluding steroid dienone is 6. The van der Waals surface area contributed by atoms with E-state index in [-0.39, 0.29) is 26.2 Å². The zero-order valence-electron chi connectivity index (χ0n) is 9.72. The van der Waals surface area contributed by atoms with E-state index < -0.39 is 0 Å². The molecular weight excluding hydrogens is 261 g/mol. The molecule has 0 aromatic heterocycles. The van der Waals surface area contributed by atoms with Crippen molar-refractivity contribution in [2.24, 2.45) is 0 Å². The average molecular weight is 281 g/mol. The Balaban J connectivity index is 0.000000280. The molecule has 0 atom stereocenters. The summed E-state index contributed by atoms with van der Waals surface area (Å²) in [7, 11) is 6.60. The summed E-state index contributed by atoms with van der Waals surface area (Å²) in [4.78, 5) is 0. The molecule has 0 aliphatic heterocycles. The van der Waals surface area contributed by atoms with Crippen molar-refractivity contribution in [3.63, 3.8) is 0 Å². The van der Waals surface area contributed by atoms with Gasteiger partial charge < -0.3 is 4.48 Å². The second kappa shape index (κ2) is 7.14. The van der Waals surface area contributed by atoms with Crippen LogP contribution in [0, 0.1) is 6.42 Å². The molecule has 1 nitrogen and oxygen atoms in total. The van der Waals surface area contributed by atoms with Crippen LogP contribution in [-0.4, -0.2) is 31.7 Å². The van der Waals surface area contributed by atoms with Gasteiger partial charge >= 0.3 is 0 Å². The van der Waals surface area contributed by atoms with Crippen LogP contribution in [0.3, 0.4) is 0 Å². The van der Waals surface area contributed by atoms with Crippen molar-refractivity contribution in [2.75, 3.05) is 21.1 Å². The monoisotopic (exact) mass is 279 g/mol. The Labute approximate surface area is 113 Å². The fraction of sp³-hybridized carbons (Fsp3) is 0.308. The van der Waals surface area contributed by atoms with Crippen molar-refractivity contribution >= 4 is 0 Å². The molecule has 0 aromatic rings. The predicted molar refractivity (Wildman–Crippen MR) is 62.7 cm³/mol. The third-order valence-electron chi connectivity index (χ3n) is 2.18. The maximum atomic E-state index is 2.22. The van der Waals surface area contributed by atoms with Crippen molar-refractivity contribution in [3.05, 3.63) is 55.0 Å². The van der Waals surface area contributed by atoms with Gasteiger partial charge in [0, 0.05) is 32.6 Å². The molecule has 2 rings (SSSR count). The molecule has 2 aliphatic rings. The first kappa shape index (κ1) is 14.8.